The minimum absolute atomic E-state index is 0.141. The minimum atomic E-state index is -0.873. The van der Waals surface area contributed by atoms with Crippen LogP contribution < -0.4 is 10.2 Å². The number of carbonyl (C=O) groups is 2. The van der Waals surface area contributed by atoms with Gasteiger partial charge in [-0.25, -0.2) is 4.79 Å². The molecule has 0 aliphatic rings. The zero-order valence-corrected chi connectivity index (χ0v) is 13.1. The fourth-order valence-corrected chi connectivity index (χ4v) is 2.06. The molecule has 2 N–H and O–H groups in total. The number of carbonyl (C=O) groups excluding carboxylic acids is 1. The summed E-state index contributed by atoms with van der Waals surface area (Å²) in [6.07, 6.45) is 0.545. The van der Waals surface area contributed by atoms with Gasteiger partial charge in [0.05, 0.1) is 5.92 Å². The Morgan fingerprint density at radius 2 is 1.81 bits per heavy atom. The van der Waals surface area contributed by atoms with Gasteiger partial charge in [0.25, 0.3) is 0 Å². The van der Waals surface area contributed by atoms with Crippen LogP contribution in [0.4, 0.5) is 10.5 Å². The third kappa shape index (κ3) is 5.45. The normalized spacial score (nSPS) is 12.0. The van der Waals surface area contributed by atoms with Gasteiger partial charge in [0.15, 0.2) is 0 Å². The molecule has 21 heavy (non-hydrogen) atoms. The van der Waals surface area contributed by atoms with Crippen molar-refractivity contribution in [1.29, 1.82) is 0 Å². The monoisotopic (exact) mass is 292 g/mol. The molecular formula is C16H24N2O3. The van der Waals surface area contributed by atoms with E-state index in [9.17, 15) is 9.59 Å². The molecule has 0 aliphatic heterocycles. The zero-order chi connectivity index (χ0) is 16.0. The lowest BCUT2D eigenvalue weighted by atomic mass is 9.97. The first kappa shape index (κ1) is 17.0. The average Bonchev–Trinajstić information content (AvgIpc) is 2.42. The van der Waals surface area contributed by atoms with E-state index < -0.39 is 11.9 Å². The molecule has 1 aromatic carbocycles. The lowest BCUT2D eigenvalue weighted by Crippen LogP contribution is -2.41. The van der Waals surface area contributed by atoms with Crippen LogP contribution in [-0.4, -0.2) is 30.7 Å². The topological polar surface area (TPSA) is 69.6 Å². The average molecular weight is 292 g/mol. The van der Waals surface area contributed by atoms with Crippen LogP contribution in [0.5, 0.6) is 0 Å². The predicted octanol–water partition coefficient (Wildman–Crippen LogP) is 2.89. The summed E-state index contributed by atoms with van der Waals surface area (Å²) in [6.45, 7) is 6.06. The Balaban J connectivity index is 2.59. The summed E-state index contributed by atoms with van der Waals surface area (Å²) in [7, 11) is 1.66. The summed E-state index contributed by atoms with van der Waals surface area (Å²) in [5, 5.41) is 11.8. The molecule has 0 bridgehead atoms. The van der Waals surface area contributed by atoms with Gasteiger partial charge in [-0.15, -0.1) is 0 Å². The maximum Gasteiger partial charge on any atom is 0.321 e. The smallest absolute Gasteiger partial charge is 0.321 e. The number of hydrogen-bond donors (Lipinski definition) is 2. The van der Waals surface area contributed by atoms with Crippen molar-refractivity contribution in [2.45, 2.75) is 27.2 Å². The molecule has 0 aromatic heterocycles. The van der Waals surface area contributed by atoms with Crippen molar-refractivity contribution in [2.75, 3.05) is 18.5 Å². The number of aliphatic carboxylic acids is 1. The highest BCUT2D eigenvalue weighted by atomic mass is 16.4. The number of urea groups is 1. The van der Waals surface area contributed by atoms with Gasteiger partial charge in [0.1, 0.15) is 0 Å². The zero-order valence-electron chi connectivity index (χ0n) is 13.1. The molecule has 0 fully saturated rings. The second-order valence-corrected chi connectivity index (χ2v) is 5.75. The van der Waals surface area contributed by atoms with E-state index in [1.807, 2.05) is 45.0 Å². The first-order valence-corrected chi connectivity index (χ1v) is 7.12. The summed E-state index contributed by atoms with van der Waals surface area (Å²) in [5.74, 6) is -1.15. The summed E-state index contributed by atoms with van der Waals surface area (Å²) < 4.78 is 0. The Morgan fingerprint density at radius 3 is 2.29 bits per heavy atom. The van der Waals surface area contributed by atoms with Crippen molar-refractivity contribution >= 4 is 17.7 Å². The molecule has 0 heterocycles. The lowest BCUT2D eigenvalue weighted by molar-refractivity contribution is -0.142. The van der Waals surface area contributed by atoms with Crippen LogP contribution in [0.15, 0.2) is 24.3 Å². The molecule has 1 atom stereocenters. The number of nitrogens with zero attached hydrogens (tertiary/aromatic N) is 1. The van der Waals surface area contributed by atoms with Crippen LogP contribution in [0, 0.1) is 18.8 Å². The highest BCUT2D eigenvalue weighted by Gasteiger charge is 2.20. The van der Waals surface area contributed by atoms with E-state index in [1.165, 1.54) is 4.90 Å². The van der Waals surface area contributed by atoms with Gasteiger partial charge >= 0.3 is 12.0 Å². The van der Waals surface area contributed by atoms with E-state index in [2.05, 4.69) is 5.32 Å². The summed E-state index contributed by atoms with van der Waals surface area (Å²) in [5.41, 5.74) is 1.89. The molecule has 0 saturated carbocycles. The number of carboxylic acid groups (broad SMARTS) is 1. The van der Waals surface area contributed by atoms with Crippen molar-refractivity contribution < 1.29 is 14.7 Å². The SMILES string of the molecule is Cc1ccc(N(C)C(=O)NCC(CC(C)C)C(=O)O)cc1. The Labute approximate surface area is 126 Å². The molecule has 1 aromatic rings. The van der Waals surface area contributed by atoms with E-state index in [1.54, 1.807) is 7.05 Å². The number of nitrogens with one attached hydrogen (secondary N) is 1. The van der Waals surface area contributed by atoms with Crippen molar-refractivity contribution in [3.8, 4) is 0 Å². The largest absolute Gasteiger partial charge is 0.481 e. The van der Waals surface area contributed by atoms with Gasteiger partial charge in [0, 0.05) is 19.3 Å². The number of amides is 2. The van der Waals surface area contributed by atoms with Gasteiger partial charge in [-0.3, -0.25) is 9.69 Å². The summed E-state index contributed by atoms with van der Waals surface area (Å²) >= 11 is 0. The van der Waals surface area contributed by atoms with Crippen molar-refractivity contribution in [3.05, 3.63) is 29.8 Å². The number of rotatable bonds is 6. The summed E-state index contributed by atoms with van der Waals surface area (Å²) in [6, 6.07) is 7.28. The molecule has 1 unspecified atom stereocenters. The second-order valence-electron chi connectivity index (χ2n) is 5.75. The number of aryl methyl sites for hydroxylation is 1. The first-order chi connectivity index (χ1) is 9.81. The Kier molecular flexibility index (Phi) is 6.21. The van der Waals surface area contributed by atoms with Gasteiger partial charge in [-0.05, 0) is 31.4 Å². The van der Waals surface area contributed by atoms with Crippen molar-refractivity contribution in [3.63, 3.8) is 0 Å². The molecule has 5 heteroatoms. The van der Waals surface area contributed by atoms with Crippen molar-refractivity contribution in [1.82, 2.24) is 5.32 Å². The van der Waals surface area contributed by atoms with Gasteiger partial charge < -0.3 is 10.4 Å². The third-order valence-corrected chi connectivity index (χ3v) is 3.33. The van der Waals surface area contributed by atoms with Crippen LogP contribution in [0.3, 0.4) is 0 Å². The van der Waals surface area contributed by atoms with Crippen LogP contribution >= 0.6 is 0 Å². The minimum Gasteiger partial charge on any atom is -0.481 e. The van der Waals surface area contributed by atoms with Gasteiger partial charge in [-0.1, -0.05) is 31.5 Å². The van der Waals surface area contributed by atoms with Crippen LogP contribution in [0.25, 0.3) is 0 Å². The van der Waals surface area contributed by atoms with Crippen LogP contribution in [-0.2, 0) is 4.79 Å². The molecule has 0 spiro atoms. The maximum absolute atomic E-state index is 12.1. The number of hydrogen-bond acceptors (Lipinski definition) is 2. The highest BCUT2D eigenvalue weighted by molar-refractivity contribution is 5.91. The molecule has 2 amide bonds. The third-order valence-electron chi connectivity index (χ3n) is 3.33. The highest BCUT2D eigenvalue weighted by Crippen LogP contribution is 2.14. The fraction of sp³-hybridized carbons (Fsp3) is 0.500. The van der Waals surface area contributed by atoms with E-state index in [4.69, 9.17) is 5.11 Å². The molecule has 116 valence electrons. The molecular weight excluding hydrogens is 268 g/mol. The van der Waals surface area contributed by atoms with E-state index in [-0.39, 0.29) is 18.5 Å². The van der Waals surface area contributed by atoms with Gasteiger partial charge in [-0.2, -0.15) is 0 Å². The Morgan fingerprint density at radius 1 is 1.24 bits per heavy atom. The fourth-order valence-electron chi connectivity index (χ4n) is 2.06. The van der Waals surface area contributed by atoms with Gasteiger partial charge in [0.2, 0.25) is 0 Å². The van der Waals surface area contributed by atoms with Crippen molar-refractivity contribution in [2.24, 2.45) is 11.8 Å². The standard InChI is InChI=1S/C16H24N2O3/c1-11(2)9-13(15(19)20)10-17-16(21)18(4)14-7-5-12(3)6-8-14/h5-8,11,13H,9-10H2,1-4H3,(H,17,21)(H,19,20). The number of anilines is 1. The molecule has 5 nitrogen and oxygen atoms in total. The van der Waals surface area contributed by atoms with E-state index >= 15 is 0 Å². The first-order valence-electron chi connectivity index (χ1n) is 7.12. The van der Waals surface area contributed by atoms with E-state index in [0.29, 0.717) is 6.42 Å². The second kappa shape index (κ2) is 7.67. The Bertz CT molecular complexity index is 483. The Hall–Kier alpha value is -2.04. The molecule has 0 saturated heterocycles. The van der Waals surface area contributed by atoms with Crippen LogP contribution in [0.2, 0.25) is 0 Å². The van der Waals surface area contributed by atoms with Crippen LogP contribution in [0.1, 0.15) is 25.8 Å². The summed E-state index contributed by atoms with van der Waals surface area (Å²) in [4.78, 5) is 24.7. The molecule has 0 radical (unpaired) electrons. The van der Waals surface area contributed by atoms with E-state index in [0.717, 1.165) is 11.3 Å². The predicted molar refractivity (Wildman–Crippen MR) is 83.6 cm³/mol. The number of carboxylic acids is 1. The lowest BCUT2D eigenvalue weighted by Gasteiger charge is -2.20. The maximum atomic E-state index is 12.1. The quantitative estimate of drug-likeness (QED) is 0.847. The molecule has 1 rings (SSSR count). The molecule has 0 aliphatic carbocycles. The number of benzene rings is 1.